The van der Waals surface area contributed by atoms with Gasteiger partial charge in [-0.15, -0.1) is 0 Å². The lowest BCUT2D eigenvalue weighted by Gasteiger charge is -2.32. The highest BCUT2D eigenvalue weighted by Crippen LogP contribution is 2.36. The second-order valence-electron chi connectivity index (χ2n) is 8.69. The Labute approximate surface area is 181 Å². The molecule has 0 unspecified atom stereocenters. The third kappa shape index (κ3) is 5.44. The number of carbonyl (C=O) groups excluding carboxylic acids is 1. The Morgan fingerprint density at radius 3 is 2.48 bits per heavy atom. The molecular weight excluding hydrogens is 409 g/mol. The van der Waals surface area contributed by atoms with Crippen LogP contribution in [-0.4, -0.2) is 62.9 Å². The smallest absolute Gasteiger partial charge is 0.381 e. The number of ether oxygens (including phenoxy) is 1. The van der Waals surface area contributed by atoms with Gasteiger partial charge in [0.2, 0.25) is 0 Å². The van der Waals surface area contributed by atoms with Crippen LogP contribution in [0.25, 0.3) is 0 Å². The van der Waals surface area contributed by atoms with Crippen LogP contribution in [0.4, 0.5) is 29.3 Å². The van der Waals surface area contributed by atoms with Crippen molar-refractivity contribution in [3.05, 3.63) is 23.8 Å². The highest BCUT2D eigenvalue weighted by atomic mass is 19.4. The van der Waals surface area contributed by atoms with Crippen LogP contribution in [-0.2, 0) is 10.9 Å². The van der Waals surface area contributed by atoms with E-state index in [4.69, 9.17) is 4.74 Å². The summed E-state index contributed by atoms with van der Waals surface area (Å²) in [4.78, 5) is 17.1. The predicted molar refractivity (Wildman–Crippen MR) is 113 cm³/mol. The molecule has 6 nitrogen and oxygen atoms in total. The molecule has 0 bridgehead atoms. The highest BCUT2D eigenvalue weighted by Gasteiger charge is 2.33. The number of hydrogen-bond acceptors (Lipinski definition) is 4. The minimum Gasteiger partial charge on any atom is -0.381 e. The second-order valence-corrected chi connectivity index (χ2v) is 8.69. The first kappa shape index (κ1) is 22.2. The molecule has 0 aromatic heterocycles. The summed E-state index contributed by atoms with van der Waals surface area (Å²) in [7, 11) is 0. The van der Waals surface area contributed by atoms with Gasteiger partial charge in [0.15, 0.2) is 0 Å². The molecule has 3 aliphatic rings. The summed E-state index contributed by atoms with van der Waals surface area (Å²) in [6, 6.07) is 3.31. The maximum absolute atomic E-state index is 13.3. The van der Waals surface area contributed by atoms with E-state index < -0.39 is 17.8 Å². The van der Waals surface area contributed by atoms with Crippen LogP contribution in [0.5, 0.6) is 0 Å². The first-order valence-electron chi connectivity index (χ1n) is 11.2. The molecule has 3 saturated heterocycles. The lowest BCUT2D eigenvalue weighted by atomic mass is 9.97. The summed E-state index contributed by atoms with van der Waals surface area (Å²) < 4.78 is 45.3. The van der Waals surface area contributed by atoms with Crippen LogP contribution in [0, 0.1) is 5.92 Å². The standard InChI is InChI=1S/C22H31F3N4O2/c23-22(24,25)17-5-6-19(28-8-1-2-9-28)18(13-17)27-21(30)26-14-20(16-7-12-31-15-16)29-10-3-4-11-29/h5-6,13,16,20H,1-4,7-12,14-15H2,(H2,26,27,30)/t16-,20+/m0/s1. The summed E-state index contributed by atoms with van der Waals surface area (Å²) in [6.45, 7) is 5.47. The maximum Gasteiger partial charge on any atom is 0.416 e. The minimum absolute atomic E-state index is 0.190. The van der Waals surface area contributed by atoms with Crippen molar-refractivity contribution in [2.24, 2.45) is 5.92 Å². The zero-order chi connectivity index (χ0) is 21.8. The average Bonchev–Trinajstić information content (AvgIpc) is 3.50. The second kappa shape index (κ2) is 9.65. The van der Waals surface area contributed by atoms with E-state index >= 15 is 0 Å². The lowest BCUT2D eigenvalue weighted by molar-refractivity contribution is -0.137. The van der Waals surface area contributed by atoms with E-state index in [0.29, 0.717) is 24.8 Å². The molecule has 31 heavy (non-hydrogen) atoms. The van der Waals surface area contributed by atoms with E-state index in [9.17, 15) is 18.0 Å². The molecule has 0 saturated carbocycles. The number of amides is 2. The van der Waals surface area contributed by atoms with Gasteiger partial charge in [-0.05, 0) is 63.4 Å². The van der Waals surface area contributed by atoms with Gasteiger partial charge in [-0.2, -0.15) is 13.2 Å². The number of anilines is 2. The number of alkyl halides is 3. The molecule has 3 aliphatic heterocycles. The SMILES string of the molecule is O=C(NC[C@H]([C@H]1CCOC1)N1CCCC1)Nc1cc(C(F)(F)F)ccc1N1CCCC1. The fourth-order valence-electron chi connectivity index (χ4n) is 4.93. The largest absolute Gasteiger partial charge is 0.416 e. The molecule has 0 aliphatic carbocycles. The number of nitrogens with zero attached hydrogens (tertiary/aromatic N) is 2. The first-order chi connectivity index (χ1) is 14.9. The first-order valence-corrected chi connectivity index (χ1v) is 11.2. The van der Waals surface area contributed by atoms with Crippen molar-refractivity contribution in [2.45, 2.75) is 44.3 Å². The molecule has 1 aromatic carbocycles. The van der Waals surface area contributed by atoms with Crippen molar-refractivity contribution in [1.29, 1.82) is 0 Å². The van der Waals surface area contributed by atoms with Gasteiger partial charge < -0.3 is 20.3 Å². The molecule has 9 heteroatoms. The molecule has 2 amide bonds. The zero-order valence-electron chi connectivity index (χ0n) is 17.7. The van der Waals surface area contributed by atoms with E-state index in [1.807, 2.05) is 4.90 Å². The van der Waals surface area contributed by atoms with Crippen LogP contribution in [0.1, 0.15) is 37.7 Å². The van der Waals surface area contributed by atoms with E-state index in [2.05, 4.69) is 15.5 Å². The van der Waals surface area contributed by atoms with Crippen LogP contribution in [0.3, 0.4) is 0 Å². The van der Waals surface area contributed by atoms with Crippen LogP contribution in [0.15, 0.2) is 18.2 Å². The van der Waals surface area contributed by atoms with Gasteiger partial charge in [0, 0.05) is 38.2 Å². The summed E-state index contributed by atoms with van der Waals surface area (Å²) in [5.41, 5.74) is 0.0841. The van der Waals surface area contributed by atoms with Gasteiger partial charge in [-0.3, -0.25) is 4.90 Å². The van der Waals surface area contributed by atoms with Crippen LogP contribution < -0.4 is 15.5 Å². The summed E-state index contributed by atoms with van der Waals surface area (Å²) in [5, 5.41) is 5.61. The minimum atomic E-state index is -4.46. The molecule has 4 rings (SSSR count). The molecule has 2 atom stereocenters. The molecule has 0 radical (unpaired) electrons. The number of nitrogens with one attached hydrogen (secondary N) is 2. The molecule has 0 spiro atoms. The van der Waals surface area contributed by atoms with Crippen molar-refractivity contribution < 1.29 is 22.7 Å². The fraction of sp³-hybridized carbons (Fsp3) is 0.682. The normalized spacial score (nSPS) is 23.3. The molecule has 2 N–H and O–H groups in total. The van der Waals surface area contributed by atoms with Crippen LogP contribution >= 0.6 is 0 Å². The van der Waals surface area contributed by atoms with Gasteiger partial charge in [0.05, 0.1) is 23.5 Å². The van der Waals surface area contributed by atoms with Gasteiger partial charge in [-0.25, -0.2) is 4.79 Å². The third-order valence-electron chi connectivity index (χ3n) is 6.61. The van der Waals surface area contributed by atoms with Gasteiger partial charge in [-0.1, -0.05) is 0 Å². The van der Waals surface area contributed by atoms with E-state index in [0.717, 1.165) is 77.0 Å². The van der Waals surface area contributed by atoms with Gasteiger partial charge in [0.1, 0.15) is 0 Å². The Bertz CT molecular complexity index is 740. The fourth-order valence-corrected chi connectivity index (χ4v) is 4.93. The number of likely N-dealkylation sites (tertiary alicyclic amines) is 1. The Morgan fingerprint density at radius 2 is 1.84 bits per heavy atom. The Kier molecular flexibility index (Phi) is 6.91. The number of rotatable bonds is 6. The molecule has 3 heterocycles. The quantitative estimate of drug-likeness (QED) is 0.704. The number of hydrogen-bond donors (Lipinski definition) is 2. The van der Waals surface area contributed by atoms with Gasteiger partial charge in [0.25, 0.3) is 0 Å². The lowest BCUT2D eigenvalue weighted by Crippen LogP contribution is -2.48. The van der Waals surface area contributed by atoms with Crippen molar-refractivity contribution in [2.75, 3.05) is 56.2 Å². The number of halogens is 3. The van der Waals surface area contributed by atoms with Crippen LogP contribution in [0.2, 0.25) is 0 Å². The van der Waals surface area contributed by atoms with Gasteiger partial charge >= 0.3 is 12.2 Å². The average molecular weight is 441 g/mol. The summed E-state index contributed by atoms with van der Waals surface area (Å²) in [5.74, 6) is 0.368. The van der Waals surface area contributed by atoms with E-state index in [1.54, 1.807) is 0 Å². The third-order valence-corrected chi connectivity index (χ3v) is 6.61. The topological polar surface area (TPSA) is 56.8 Å². The monoisotopic (exact) mass is 440 g/mol. The van der Waals surface area contributed by atoms with Crippen molar-refractivity contribution in [1.82, 2.24) is 10.2 Å². The zero-order valence-corrected chi connectivity index (χ0v) is 17.7. The molecule has 3 fully saturated rings. The van der Waals surface area contributed by atoms with Crippen molar-refractivity contribution in [3.63, 3.8) is 0 Å². The number of benzene rings is 1. The molecule has 1 aromatic rings. The summed E-state index contributed by atoms with van der Waals surface area (Å²) >= 11 is 0. The predicted octanol–water partition coefficient (Wildman–Crippen LogP) is 3.93. The Balaban J connectivity index is 1.45. The molecular formula is C22H31F3N4O2. The van der Waals surface area contributed by atoms with Crippen molar-refractivity contribution >= 4 is 17.4 Å². The molecule has 172 valence electrons. The van der Waals surface area contributed by atoms with Crippen molar-refractivity contribution in [3.8, 4) is 0 Å². The highest BCUT2D eigenvalue weighted by molar-refractivity contribution is 5.93. The number of urea groups is 1. The Morgan fingerprint density at radius 1 is 1.13 bits per heavy atom. The van der Waals surface area contributed by atoms with E-state index in [1.165, 1.54) is 6.07 Å². The Hall–Kier alpha value is -2.00. The number of carbonyl (C=O) groups is 1. The maximum atomic E-state index is 13.3. The van der Waals surface area contributed by atoms with E-state index in [-0.39, 0.29) is 11.7 Å². The summed E-state index contributed by atoms with van der Waals surface area (Å²) in [6.07, 6.45) is 0.803.